The first-order valence-electron chi connectivity index (χ1n) is 6.99. The van der Waals surface area contributed by atoms with E-state index in [0.29, 0.717) is 5.15 Å². The monoisotopic (exact) mass is 326 g/mol. The lowest BCUT2D eigenvalue weighted by Crippen LogP contribution is -2.35. The fourth-order valence-corrected chi connectivity index (χ4v) is 2.70. The minimum absolute atomic E-state index is 0.120. The molecule has 0 aromatic carbocycles. The second kappa shape index (κ2) is 6.12. The number of ether oxygens (including phenoxy) is 1. The van der Waals surface area contributed by atoms with Gasteiger partial charge in [-0.1, -0.05) is 11.6 Å². The van der Waals surface area contributed by atoms with Crippen molar-refractivity contribution in [1.29, 1.82) is 0 Å². The van der Waals surface area contributed by atoms with Gasteiger partial charge in [-0.25, -0.2) is 9.78 Å². The summed E-state index contributed by atoms with van der Waals surface area (Å²) in [7, 11) is 0. The molecule has 1 saturated heterocycles. The van der Waals surface area contributed by atoms with Crippen LogP contribution in [-0.4, -0.2) is 45.7 Å². The van der Waals surface area contributed by atoms with E-state index < -0.39 is 23.6 Å². The minimum atomic E-state index is -0.941. The maximum Gasteiger partial charge on any atom is 0.410 e. The zero-order valence-corrected chi connectivity index (χ0v) is 13.5. The van der Waals surface area contributed by atoms with Crippen LogP contribution in [0, 0.1) is 5.92 Å². The number of carbonyl (C=O) groups is 2. The number of amides is 1. The number of hydrogen-bond donors (Lipinski definition) is 1. The van der Waals surface area contributed by atoms with Gasteiger partial charge in [0.1, 0.15) is 10.8 Å². The summed E-state index contributed by atoms with van der Waals surface area (Å²) in [5.74, 6) is -1.96. The number of pyridine rings is 1. The predicted molar refractivity (Wildman–Crippen MR) is 80.9 cm³/mol. The molecule has 0 saturated carbocycles. The Kier molecular flexibility index (Phi) is 4.60. The summed E-state index contributed by atoms with van der Waals surface area (Å²) in [6.07, 6.45) is 1.04. The van der Waals surface area contributed by atoms with Gasteiger partial charge >= 0.3 is 12.1 Å². The molecule has 120 valence electrons. The van der Waals surface area contributed by atoms with E-state index in [2.05, 4.69) is 4.98 Å². The first-order valence-corrected chi connectivity index (χ1v) is 7.37. The number of hydrogen-bond acceptors (Lipinski definition) is 4. The van der Waals surface area contributed by atoms with Gasteiger partial charge in [-0.3, -0.25) is 4.79 Å². The van der Waals surface area contributed by atoms with Crippen molar-refractivity contribution in [1.82, 2.24) is 9.88 Å². The number of carboxylic acids is 1. The van der Waals surface area contributed by atoms with Crippen molar-refractivity contribution in [3.63, 3.8) is 0 Å². The molecule has 7 heteroatoms. The number of halogens is 1. The van der Waals surface area contributed by atoms with Crippen LogP contribution in [0.2, 0.25) is 5.15 Å². The SMILES string of the molecule is CC(C)(C)OC(=O)N1CC(C(=O)O)C(c2ccnc(Cl)c2)C1. The van der Waals surface area contributed by atoms with Gasteiger partial charge < -0.3 is 14.7 Å². The van der Waals surface area contributed by atoms with Crippen LogP contribution in [0.1, 0.15) is 32.3 Å². The van der Waals surface area contributed by atoms with E-state index in [1.165, 1.54) is 11.1 Å². The van der Waals surface area contributed by atoms with Gasteiger partial charge in [0.15, 0.2) is 0 Å². The molecule has 22 heavy (non-hydrogen) atoms. The van der Waals surface area contributed by atoms with Gasteiger partial charge in [-0.05, 0) is 38.5 Å². The number of rotatable bonds is 2. The van der Waals surface area contributed by atoms with E-state index in [1.54, 1.807) is 32.9 Å². The molecule has 6 nitrogen and oxygen atoms in total. The molecule has 1 amide bonds. The van der Waals surface area contributed by atoms with Gasteiger partial charge in [-0.2, -0.15) is 0 Å². The number of carboxylic acid groups (broad SMARTS) is 1. The number of carbonyl (C=O) groups excluding carboxylic acids is 1. The molecule has 0 aliphatic carbocycles. The molecule has 1 aliphatic rings. The molecule has 2 rings (SSSR count). The Morgan fingerprint density at radius 1 is 1.41 bits per heavy atom. The number of aromatic nitrogens is 1. The third-order valence-corrected chi connectivity index (χ3v) is 3.67. The molecular weight excluding hydrogens is 308 g/mol. The second-order valence-corrected chi connectivity index (χ2v) is 6.74. The van der Waals surface area contributed by atoms with E-state index in [4.69, 9.17) is 16.3 Å². The minimum Gasteiger partial charge on any atom is -0.481 e. The Morgan fingerprint density at radius 2 is 2.09 bits per heavy atom. The summed E-state index contributed by atoms with van der Waals surface area (Å²) in [5, 5.41) is 9.72. The van der Waals surface area contributed by atoms with Crippen molar-refractivity contribution < 1.29 is 19.4 Å². The number of aliphatic carboxylic acids is 1. The highest BCUT2D eigenvalue weighted by Crippen LogP contribution is 2.34. The Labute approximate surface area is 134 Å². The van der Waals surface area contributed by atoms with Crippen molar-refractivity contribution in [3.05, 3.63) is 29.0 Å². The molecular formula is C15H19ClN2O4. The van der Waals surface area contributed by atoms with Gasteiger partial charge in [0.25, 0.3) is 0 Å². The quantitative estimate of drug-likeness (QED) is 0.845. The third-order valence-electron chi connectivity index (χ3n) is 3.47. The highest BCUT2D eigenvalue weighted by Gasteiger charge is 2.41. The fourth-order valence-electron chi connectivity index (χ4n) is 2.52. The molecule has 1 aromatic rings. The zero-order valence-electron chi connectivity index (χ0n) is 12.7. The van der Waals surface area contributed by atoms with Crippen molar-refractivity contribution >= 4 is 23.7 Å². The van der Waals surface area contributed by atoms with Crippen molar-refractivity contribution in [2.24, 2.45) is 5.92 Å². The average Bonchev–Trinajstić information content (AvgIpc) is 2.82. The van der Waals surface area contributed by atoms with Crippen LogP contribution >= 0.6 is 11.6 Å². The maximum absolute atomic E-state index is 12.1. The van der Waals surface area contributed by atoms with E-state index in [0.717, 1.165) is 5.56 Å². The first kappa shape index (κ1) is 16.5. The normalized spacial score (nSPS) is 21.7. The Morgan fingerprint density at radius 3 is 2.64 bits per heavy atom. The van der Waals surface area contributed by atoms with Crippen LogP contribution in [0.15, 0.2) is 18.3 Å². The topological polar surface area (TPSA) is 79.7 Å². The summed E-state index contributed by atoms with van der Waals surface area (Å²) < 4.78 is 5.31. The van der Waals surface area contributed by atoms with Crippen LogP contribution in [0.3, 0.4) is 0 Å². The van der Waals surface area contributed by atoms with Crippen LogP contribution < -0.4 is 0 Å². The van der Waals surface area contributed by atoms with Gasteiger partial charge in [0.05, 0.1) is 5.92 Å². The molecule has 1 N–H and O–H groups in total. The maximum atomic E-state index is 12.1. The molecule has 1 aliphatic heterocycles. The fraction of sp³-hybridized carbons (Fsp3) is 0.533. The van der Waals surface area contributed by atoms with E-state index in [9.17, 15) is 14.7 Å². The van der Waals surface area contributed by atoms with Crippen molar-refractivity contribution in [2.45, 2.75) is 32.3 Å². The van der Waals surface area contributed by atoms with Crippen molar-refractivity contribution in [2.75, 3.05) is 13.1 Å². The van der Waals surface area contributed by atoms with Crippen LogP contribution in [0.5, 0.6) is 0 Å². The Hall–Kier alpha value is -1.82. The summed E-state index contributed by atoms with van der Waals surface area (Å²) in [6, 6.07) is 3.37. The molecule has 0 radical (unpaired) electrons. The first-order chi connectivity index (χ1) is 10.2. The lowest BCUT2D eigenvalue weighted by Gasteiger charge is -2.24. The molecule has 1 fully saturated rings. The summed E-state index contributed by atoms with van der Waals surface area (Å²) in [6.45, 7) is 5.72. The van der Waals surface area contributed by atoms with E-state index in [-0.39, 0.29) is 19.0 Å². The Bertz CT molecular complexity index is 585. The largest absolute Gasteiger partial charge is 0.481 e. The van der Waals surface area contributed by atoms with E-state index >= 15 is 0 Å². The summed E-state index contributed by atoms with van der Waals surface area (Å²) >= 11 is 5.87. The smallest absolute Gasteiger partial charge is 0.410 e. The lowest BCUT2D eigenvalue weighted by atomic mass is 9.90. The number of likely N-dealkylation sites (tertiary alicyclic amines) is 1. The zero-order chi connectivity index (χ0) is 16.5. The van der Waals surface area contributed by atoms with Crippen LogP contribution in [-0.2, 0) is 9.53 Å². The molecule has 2 heterocycles. The summed E-state index contributed by atoms with van der Waals surface area (Å²) in [4.78, 5) is 29.0. The predicted octanol–water partition coefficient (Wildman–Crippen LogP) is 2.77. The third kappa shape index (κ3) is 3.88. The molecule has 2 atom stereocenters. The highest BCUT2D eigenvalue weighted by molar-refractivity contribution is 6.29. The standard InChI is InChI=1S/C15H19ClN2O4/c1-15(2,3)22-14(21)18-7-10(11(8-18)13(19)20)9-4-5-17-12(16)6-9/h4-6,10-11H,7-8H2,1-3H3,(H,19,20). The van der Waals surface area contributed by atoms with Gasteiger partial charge in [0.2, 0.25) is 0 Å². The molecule has 2 unspecified atom stereocenters. The van der Waals surface area contributed by atoms with Crippen LogP contribution in [0.25, 0.3) is 0 Å². The van der Waals surface area contributed by atoms with Crippen molar-refractivity contribution in [3.8, 4) is 0 Å². The van der Waals surface area contributed by atoms with Gasteiger partial charge in [-0.15, -0.1) is 0 Å². The Balaban J connectivity index is 2.20. The highest BCUT2D eigenvalue weighted by atomic mass is 35.5. The number of nitrogens with zero attached hydrogens (tertiary/aromatic N) is 2. The van der Waals surface area contributed by atoms with Gasteiger partial charge in [0, 0.05) is 25.2 Å². The molecule has 1 aromatic heterocycles. The molecule has 0 spiro atoms. The van der Waals surface area contributed by atoms with E-state index in [1.807, 2.05) is 0 Å². The average molecular weight is 327 g/mol. The molecule has 0 bridgehead atoms. The lowest BCUT2D eigenvalue weighted by molar-refractivity contribution is -0.141. The van der Waals surface area contributed by atoms with Crippen LogP contribution in [0.4, 0.5) is 4.79 Å². The second-order valence-electron chi connectivity index (χ2n) is 6.35. The summed E-state index contributed by atoms with van der Waals surface area (Å²) in [5.41, 5.74) is 0.145.